The monoisotopic (exact) mass is 363 g/mol. The van der Waals surface area contributed by atoms with Crippen molar-refractivity contribution in [1.29, 1.82) is 0 Å². The molecular weight excluding hydrogens is 335 g/mol. The smallest absolute Gasteiger partial charge is 0.374 e. The summed E-state index contributed by atoms with van der Waals surface area (Å²) in [5, 5.41) is 0. The van der Waals surface area contributed by atoms with Crippen molar-refractivity contribution >= 4 is 5.91 Å². The topological polar surface area (TPSA) is 36.0 Å². The fourth-order valence-corrected chi connectivity index (χ4v) is 4.28. The first kappa shape index (κ1) is 18.9. The lowest BCUT2D eigenvalue weighted by Crippen LogP contribution is -2.56. The van der Waals surface area contributed by atoms with Crippen molar-refractivity contribution in [2.45, 2.75) is 50.4 Å². The van der Waals surface area contributed by atoms with Gasteiger partial charge in [-0.25, -0.2) is 0 Å². The van der Waals surface area contributed by atoms with Crippen molar-refractivity contribution in [2.75, 3.05) is 52.4 Å². The van der Waals surface area contributed by atoms with Crippen LogP contribution in [0.5, 0.6) is 0 Å². The van der Waals surface area contributed by atoms with Crippen molar-refractivity contribution in [2.24, 2.45) is 0 Å². The van der Waals surface area contributed by atoms with Gasteiger partial charge in [0, 0.05) is 19.6 Å². The number of halogens is 3. The van der Waals surface area contributed by atoms with E-state index in [0.29, 0.717) is 52.3 Å². The molecule has 0 aromatic heterocycles. The number of carbonyl (C=O) groups is 1. The third-order valence-corrected chi connectivity index (χ3v) is 5.50. The first-order valence-corrected chi connectivity index (χ1v) is 9.35. The van der Waals surface area contributed by atoms with Crippen LogP contribution in [0.25, 0.3) is 0 Å². The molecule has 2 heterocycles. The molecule has 0 aromatic carbocycles. The molecular formula is C17H28F3N3O2. The second kappa shape index (κ2) is 8.22. The van der Waals surface area contributed by atoms with Gasteiger partial charge in [0.15, 0.2) is 0 Å². The highest BCUT2D eigenvalue weighted by Gasteiger charge is 2.37. The van der Waals surface area contributed by atoms with Crippen LogP contribution in [0.1, 0.15) is 32.1 Å². The molecule has 3 fully saturated rings. The molecule has 2 aliphatic heterocycles. The molecule has 1 aliphatic carbocycles. The van der Waals surface area contributed by atoms with Gasteiger partial charge in [0.25, 0.3) is 0 Å². The summed E-state index contributed by atoms with van der Waals surface area (Å²) < 4.78 is 43.5. The largest absolute Gasteiger partial charge is 0.401 e. The first-order valence-electron chi connectivity index (χ1n) is 9.35. The zero-order valence-electron chi connectivity index (χ0n) is 14.6. The summed E-state index contributed by atoms with van der Waals surface area (Å²) in [6.45, 7) is 2.67. The summed E-state index contributed by atoms with van der Waals surface area (Å²) in [6, 6.07) is 0.184. The third-order valence-electron chi connectivity index (χ3n) is 5.50. The minimum Gasteiger partial charge on any atom is -0.374 e. The molecule has 144 valence electrons. The van der Waals surface area contributed by atoms with E-state index in [1.165, 1.54) is 4.90 Å². The van der Waals surface area contributed by atoms with Crippen LogP contribution < -0.4 is 0 Å². The van der Waals surface area contributed by atoms with Crippen LogP contribution in [0.15, 0.2) is 0 Å². The van der Waals surface area contributed by atoms with E-state index in [4.69, 9.17) is 4.74 Å². The van der Waals surface area contributed by atoms with Crippen molar-refractivity contribution in [1.82, 2.24) is 14.7 Å². The second-order valence-electron chi connectivity index (χ2n) is 7.37. The van der Waals surface area contributed by atoms with Crippen molar-refractivity contribution in [3.63, 3.8) is 0 Å². The van der Waals surface area contributed by atoms with Crippen LogP contribution in [-0.4, -0.2) is 91.3 Å². The Morgan fingerprint density at radius 1 is 0.960 bits per heavy atom. The van der Waals surface area contributed by atoms with Gasteiger partial charge in [-0.05, 0) is 32.4 Å². The molecule has 0 bridgehead atoms. The number of hydrogen-bond donors (Lipinski definition) is 0. The molecule has 25 heavy (non-hydrogen) atoms. The normalized spacial score (nSPS) is 30.0. The van der Waals surface area contributed by atoms with Gasteiger partial charge in [0.05, 0.1) is 31.8 Å². The zero-order chi connectivity index (χ0) is 17.9. The van der Waals surface area contributed by atoms with Crippen LogP contribution in [0.4, 0.5) is 13.2 Å². The standard InChI is InChI=1S/C17H28F3N3O2/c18-17(19,20)13-22-7-3-6-21(8-9-22)12-16(24)23-10-11-25-15-5-2-1-4-14(15)23/h14-15H,1-13H2. The van der Waals surface area contributed by atoms with Gasteiger partial charge < -0.3 is 9.64 Å². The molecule has 1 saturated carbocycles. The van der Waals surface area contributed by atoms with E-state index in [-0.39, 0.29) is 18.1 Å². The molecule has 1 amide bonds. The number of fused-ring (bicyclic) bond motifs is 1. The maximum Gasteiger partial charge on any atom is 0.401 e. The Morgan fingerprint density at radius 2 is 1.68 bits per heavy atom. The Hall–Kier alpha value is -0.860. The summed E-state index contributed by atoms with van der Waals surface area (Å²) in [4.78, 5) is 18.2. The number of hydrogen-bond acceptors (Lipinski definition) is 4. The zero-order valence-corrected chi connectivity index (χ0v) is 14.6. The summed E-state index contributed by atoms with van der Waals surface area (Å²) in [7, 11) is 0. The minimum atomic E-state index is -4.16. The number of ether oxygens (including phenoxy) is 1. The average Bonchev–Trinajstić information content (AvgIpc) is 2.78. The molecule has 0 N–H and O–H groups in total. The van der Waals surface area contributed by atoms with Crippen molar-refractivity contribution in [3.8, 4) is 0 Å². The molecule has 3 aliphatic rings. The van der Waals surface area contributed by atoms with Crippen molar-refractivity contribution < 1.29 is 22.7 Å². The molecule has 2 unspecified atom stereocenters. The molecule has 0 radical (unpaired) electrons. The molecule has 0 aromatic rings. The molecule has 2 saturated heterocycles. The predicted octanol–water partition coefficient (Wildman–Crippen LogP) is 1.73. The van der Waals surface area contributed by atoms with Crippen LogP contribution in [0.2, 0.25) is 0 Å². The van der Waals surface area contributed by atoms with E-state index >= 15 is 0 Å². The van der Waals surface area contributed by atoms with Crippen molar-refractivity contribution in [3.05, 3.63) is 0 Å². The van der Waals surface area contributed by atoms with Crippen LogP contribution in [-0.2, 0) is 9.53 Å². The molecule has 3 rings (SSSR count). The Morgan fingerprint density at radius 3 is 2.48 bits per heavy atom. The van der Waals surface area contributed by atoms with Gasteiger partial charge in [0.1, 0.15) is 0 Å². The number of rotatable bonds is 3. The quantitative estimate of drug-likeness (QED) is 0.765. The number of morpholine rings is 1. The van der Waals surface area contributed by atoms with Gasteiger partial charge in [-0.2, -0.15) is 13.2 Å². The lowest BCUT2D eigenvalue weighted by Gasteiger charge is -2.44. The van der Waals surface area contributed by atoms with Crippen LogP contribution in [0, 0.1) is 0 Å². The summed E-state index contributed by atoms with van der Waals surface area (Å²) in [5.41, 5.74) is 0. The van der Waals surface area contributed by atoms with Gasteiger partial charge in [0.2, 0.25) is 5.91 Å². The lowest BCUT2D eigenvalue weighted by molar-refractivity contribution is -0.151. The number of amides is 1. The first-order chi connectivity index (χ1) is 11.9. The number of alkyl halides is 3. The fourth-order valence-electron chi connectivity index (χ4n) is 4.28. The van der Waals surface area contributed by atoms with Gasteiger partial charge in [-0.1, -0.05) is 12.8 Å². The highest BCUT2D eigenvalue weighted by atomic mass is 19.4. The van der Waals surface area contributed by atoms with E-state index in [1.54, 1.807) is 0 Å². The molecule has 5 nitrogen and oxygen atoms in total. The highest BCUT2D eigenvalue weighted by Crippen LogP contribution is 2.28. The van der Waals surface area contributed by atoms with E-state index < -0.39 is 12.7 Å². The SMILES string of the molecule is O=C(CN1CCCN(CC(F)(F)F)CC1)N1CCOC2CCCCC21. The fraction of sp³-hybridized carbons (Fsp3) is 0.941. The third kappa shape index (κ3) is 5.31. The highest BCUT2D eigenvalue weighted by molar-refractivity contribution is 5.78. The molecule has 8 heteroatoms. The summed E-state index contributed by atoms with van der Waals surface area (Å²) in [5.74, 6) is 0.101. The number of carbonyl (C=O) groups excluding carboxylic acids is 1. The second-order valence-corrected chi connectivity index (χ2v) is 7.37. The molecule has 2 atom stereocenters. The Kier molecular flexibility index (Phi) is 6.22. The average molecular weight is 363 g/mol. The Bertz CT molecular complexity index is 459. The minimum absolute atomic E-state index is 0.101. The van der Waals surface area contributed by atoms with Gasteiger partial charge in [-0.15, -0.1) is 0 Å². The molecule has 0 spiro atoms. The van der Waals surface area contributed by atoms with Gasteiger partial charge >= 0.3 is 6.18 Å². The van der Waals surface area contributed by atoms with E-state index in [2.05, 4.69) is 0 Å². The summed E-state index contributed by atoms with van der Waals surface area (Å²) >= 11 is 0. The Labute approximate surface area is 147 Å². The summed E-state index contributed by atoms with van der Waals surface area (Å²) in [6.07, 6.45) is 0.973. The van der Waals surface area contributed by atoms with E-state index in [0.717, 1.165) is 25.7 Å². The number of nitrogens with zero attached hydrogens (tertiary/aromatic N) is 3. The van der Waals surface area contributed by atoms with E-state index in [9.17, 15) is 18.0 Å². The maximum absolute atomic E-state index is 12.8. The van der Waals surface area contributed by atoms with Crippen LogP contribution in [0.3, 0.4) is 0 Å². The van der Waals surface area contributed by atoms with E-state index in [1.807, 2.05) is 9.80 Å². The predicted molar refractivity (Wildman–Crippen MR) is 87.3 cm³/mol. The lowest BCUT2D eigenvalue weighted by atomic mass is 9.90. The Balaban J connectivity index is 1.50. The van der Waals surface area contributed by atoms with Gasteiger partial charge in [-0.3, -0.25) is 14.6 Å². The van der Waals surface area contributed by atoms with Crippen LogP contribution >= 0.6 is 0 Å². The maximum atomic E-state index is 12.8.